The second kappa shape index (κ2) is 8.10. The second-order valence-corrected chi connectivity index (χ2v) is 9.23. The average Bonchev–Trinajstić information content (AvgIpc) is 3.03. The van der Waals surface area contributed by atoms with Crippen LogP contribution in [0.15, 0.2) is 48.2 Å². The normalized spacial score (nSPS) is 18.2. The summed E-state index contributed by atoms with van der Waals surface area (Å²) in [4.78, 5) is 25.1. The maximum Gasteiger partial charge on any atom is 0.314 e. The van der Waals surface area contributed by atoms with Gasteiger partial charge in [0.1, 0.15) is 11.5 Å². The van der Waals surface area contributed by atoms with E-state index >= 15 is 0 Å². The van der Waals surface area contributed by atoms with Crippen LogP contribution in [0.5, 0.6) is 11.5 Å². The van der Waals surface area contributed by atoms with Crippen molar-refractivity contribution in [2.45, 2.75) is 58.3 Å². The highest BCUT2D eigenvalue weighted by Crippen LogP contribution is 2.36. The highest BCUT2D eigenvalue weighted by molar-refractivity contribution is 6.14. The first-order valence-corrected chi connectivity index (χ1v) is 10.7. The summed E-state index contributed by atoms with van der Waals surface area (Å²) in [6.07, 6.45) is 6.87. The van der Waals surface area contributed by atoms with Gasteiger partial charge in [-0.2, -0.15) is 0 Å². The molecular weight excluding hydrogens is 376 g/mol. The van der Waals surface area contributed by atoms with Crippen molar-refractivity contribution in [3.05, 3.63) is 64.9 Å². The summed E-state index contributed by atoms with van der Waals surface area (Å²) in [5.74, 6) is 0.772. The molecule has 0 saturated heterocycles. The minimum absolute atomic E-state index is 0.0268. The van der Waals surface area contributed by atoms with Crippen molar-refractivity contribution in [2.75, 3.05) is 0 Å². The highest BCUT2D eigenvalue weighted by Gasteiger charge is 2.29. The van der Waals surface area contributed by atoms with Crippen LogP contribution in [0.1, 0.15) is 74.4 Å². The Balaban J connectivity index is 1.48. The monoisotopic (exact) mass is 404 g/mol. The van der Waals surface area contributed by atoms with E-state index in [0.29, 0.717) is 17.1 Å². The van der Waals surface area contributed by atoms with E-state index in [9.17, 15) is 9.59 Å². The van der Waals surface area contributed by atoms with Crippen molar-refractivity contribution < 1.29 is 19.1 Å². The molecule has 4 rings (SSSR count). The number of rotatable bonds is 3. The molecular formula is C26H28O4. The van der Waals surface area contributed by atoms with Gasteiger partial charge in [-0.05, 0) is 47.6 Å². The molecule has 0 amide bonds. The Morgan fingerprint density at radius 2 is 1.73 bits per heavy atom. The van der Waals surface area contributed by atoms with Gasteiger partial charge in [0.2, 0.25) is 5.78 Å². The molecule has 0 bridgehead atoms. The van der Waals surface area contributed by atoms with E-state index < -0.39 is 0 Å². The van der Waals surface area contributed by atoms with E-state index in [1.54, 1.807) is 24.3 Å². The lowest BCUT2D eigenvalue weighted by Crippen LogP contribution is -2.22. The van der Waals surface area contributed by atoms with Crippen LogP contribution in [-0.4, -0.2) is 11.8 Å². The number of Topliss-reactive ketones (excluding diaryl/α,β-unsaturated/α-hetero) is 1. The van der Waals surface area contributed by atoms with E-state index in [1.807, 2.05) is 12.1 Å². The lowest BCUT2D eigenvalue weighted by Gasteiger charge is -2.19. The van der Waals surface area contributed by atoms with E-state index in [-0.39, 0.29) is 28.8 Å². The molecule has 0 spiro atoms. The Morgan fingerprint density at radius 3 is 2.40 bits per heavy atom. The Bertz CT molecular complexity index is 987. The number of ketones is 1. The van der Waals surface area contributed by atoms with E-state index in [2.05, 4.69) is 32.9 Å². The number of benzene rings is 2. The van der Waals surface area contributed by atoms with Gasteiger partial charge in [-0.15, -0.1) is 0 Å². The number of hydrogen-bond acceptors (Lipinski definition) is 4. The smallest absolute Gasteiger partial charge is 0.314 e. The summed E-state index contributed by atoms with van der Waals surface area (Å²) in [5, 5.41) is 0. The van der Waals surface area contributed by atoms with Crippen molar-refractivity contribution in [3.63, 3.8) is 0 Å². The minimum Gasteiger partial charge on any atom is -0.452 e. The maximum absolute atomic E-state index is 12.7. The molecule has 30 heavy (non-hydrogen) atoms. The molecule has 2 aromatic carbocycles. The fourth-order valence-corrected chi connectivity index (χ4v) is 4.00. The molecule has 1 fully saturated rings. The number of ether oxygens (including phenoxy) is 2. The van der Waals surface area contributed by atoms with Crippen LogP contribution in [0.4, 0.5) is 0 Å². The van der Waals surface area contributed by atoms with Crippen molar-refractivity contribution in [1.82, 2.24) is 0 Å². The topological polar surface area (TPSA) is 52.6 Å². The number of carbonyl (C=O) groups excluding carboxylic acids is 2. The largest absolute Gasteiger partial charge is 0.452 e. The van der Waals surface area contributed by atoms with Crippen LogP contribution >= 0.6 is 0 Å². The summed E-state index contributed by atoms with van der Waals surface area (Å²) < 4.78 is 11.4. The van der Waals surface area contributed by atoms with Crippen LogP contribution in [0.25, 0.3) is 6.08 Å². The molecule has 156 valence electrons. The maximum atomic E-state index is 12.7. The number of allylic oxidation sites excluding steroid dienone is 1. The second-order valence-electron chi connectivity index (χ2n) is 9.23. The van der Waals surface area contributed by atoms with Crippen molar-refractivity contribution in [2.24, 2.45) is 5.92 Å². The first kappa shape index (κ1) is 20.4. The molecule has 4 nitrogen and oxygen atoms in total. The summed E-state index contributed by atoms with van der Waals surface area (Å²) in [7, 11) is 0. The third kappa shape index (κ3) is 4.33. The van der Waals surface area contributed by atoms with Crippen LogP contribution in [0.2, 0.25) is 0 Å². The van der Waals surface area contributed by atoms with Crippen molar-refractivity contribution in [1.29, 1.82) is 0 Å². The first-order chi connectivity index (χ1) is 14.3. The SMILES string of the molecule is CC(C)(C)c1ccc(C=C2Oc3cc(OC(=O)C4CCCCC4)ccc3C2=O)cc1. The van der Waals surface area contributed by atoms with Gasteiger partial charge in [0.15, 0.2) is 5.76 Å². The van der Waals surface area contributed by atoms with Gasteiger partial charge in [-0.25, -0.2) is 0 Å². The van der Waals surface area contributed by atoms with Crippen molar-refractivity contribution >= 4 is 17.8 Å². The van der Waals surface area contributed by atoms with Crippen molar-refractivity contribution in [3.8, 4) is 11.5 Å². The Kier molecular flexibility index (Phi) is 5.50. The van der Waals surface area contributed by atoms with Gasteiger partial charge < -0.3 is 9.47 Å². The molecule has 4 heteroatoms. The zero-order chi connectivity index (χ0) is 21.3. The zero-order valence-corrected chi connectivity index (χ0v) is 17.9. The number of hydrogen-bond donors (Lipinski definition) is 0. The standard InChI is InChI=1S/C26H28O4/c1-26(2,3)19-11-9-17(10-12-19)15-23-24(27)21-14-13-20(16-22(21)30-23)29-25(28)18-7-5-4-6-8-18/h9-16,18H,4-8H2,1-3H3. The Labute approximate surface area is 177 Å². The molecule has 0 N–H and O–H groups in total. The molecule has 0 atom stereocenters. The lowest BCUT2D eigenvalue weighted by molar-refractivity contribution is -0.139. The van der Waals surface area contributed by atoms with Gasteiger partial charge in [-0.1, -0.05) is 64.3 Å². The fraction of sp³-hybridized carbons (Fsp3) is 0.385. The van der Waals surface area contributed by atoms with E-state index in [4.69, 9.17) is 9.47 Å². The first-order valence-electron chi connectivity index (χ1n) is 10.7. The van der Waals surface area contributed by atoms with Gasteiger partial charge >= 0.3 is 5.97 Å². The summed E-state index contributed by atoms with van der Waals surface area (Å²) in [6.45, 7) is 6.50. The molecule has 1 aliphatic heterocycles. The molecule has 1 saturated carbocycles. The van der Waals surface area contributed by atoms with Gasteiger partial charge in [0.25, 0.3) is 0 Å². The Morgan fingerprint density at radius 1 is 1.03 bits per heavy atom. The predicted molar refractivity (Wildman–Crippen MR) is 117 cm³/mol. The molecule has 2 aliphatic rings. The lowest BCUT2D eigenvalue weighted by atomic mass is 9.86. The van der Waals surface area contributed by atoms with Gasteiger partial charge in [-0.3, -0.25) is 9.59 Å². The summed E-state index contributed by atoms with van der Waals surface area (Å²) in [5.41, 5.74) is 2.71. The number of esters is 1. The molecule has 0 unspecified atom stereocenters. The third-order valence-corrected chi connectivity index (χ3v) is 5.87. The van der Waals surface area contributed by atoms with Crippen LogP contribution in [0.3, 0.4) is 0 Å². The minimum atomic E-state index is -0.186. The van der Waals surface area contributed by atoms with Gasteiger partial charge in [0.05, 0.1) is 11.5 Å². The summed E-state index contributed by atoms with van der Waals surface area (Å²) in [6, 6.07) is 13.1. The average molecular weight is 405 g/mol. The van der Waals surface area contributed by atoms with Crippen LogP contribution < -0.4 is 9.47 Å². The molecule has 0 radical (unpaired) electrons. The van der Waals surface area contributed by atoms with Crippen LogP contribution in [-0.2, 0) is 10.2 Å². The van der Waals surface area contributed by atoms with Crippen LogP contribution in [0, 0.1) is 5.92 Å². The van der Waals surface area contributed by atoms with E-state index in [0.717, 1.165) is 31.2 Å². The summed E-state index contributed by atoms with van der Waals surface area (Å²) >= 11 is 0. The third-order valence-electron chi connectivity index (χ3n) is 5.87. The van der Waals surface area contributed by atoms with E-state index in [1.165, 1.54) is 12.0 Å². The van der Waals surface area contributed by atoms with Gasteiger partial charge in [0, 0.05) is 6.07 Å². The number of carbonyl (C=O) groups is 2. The fourth-order valence-electron chi connectivity index (χ4n) is 4.00. The molecule has 0 aromatic heterocycles. The Hall–Kier alpha value is -2.88. The predicted octanol–water partition coefficient (Wildman–Crippen LogP) is 6.09. The zero-order valence-electron chi connectivity index (χ0n) is 17.9. The molecule has 1 aliphatic carbocycles. The number of fused-ring (bicyclic) bond motifs is 1. The quantitative estimate of drug-likeness (QED) is 0.353. The molecule has 2 aromatic rings. The molecule has 1 heterocycles. The highest BCUT2D eigenvalue weighted by atomic mass is 16.5.